The number of rotatable bonds is 4. The highest BCUT2D eigenvalue weighted by Gasteiger charge is 2.12. The molecule has 4 rings (SSSR count). The Morgan fingerprint density at radius 1 is 1.20 bits per heavy atom. The van der Waals surface area contributed by atoms with Crippen LogP contribution in [-0.2, 0) is 6.54 Å². The first-order valence-electron chi connectivity index (χ1n) is 7.56. The molecule has 0 aliphatic rings. The topological polar surface area (TPSA) is 106 Å². The maximum absolute atomic E-state index is 12.3. The molecule has 8 heteroatoms. The largest absolute Gasteiger partial charge is 0.417 e. The number of amides is 1. The number of aromatic amines is 1. The first-order chi connectivity index (χ1) is 12.2. The van der Waals surface area contributed by atoms with E-state index in [0.717, 1.165) is 5.56 Å². The van der Waals surface area contributed by atoms with Crippen molar-refractivity contribution < 1.29 is 9.21 Å². The van der Waals surface area contributed by atoms with Gasteiger partial charge in [-0.3, -0.25) is 9.78 Å². The molecule has 4 aromatic rings. The number of nitrogens with zero attached hydrogens (tertiary/aromatic N) is 3. The lowest BCUT2D eigenvalue weighted by atomic mass is 10.2. The van der Waals surface area contributed by atoms with Crippen molar-refractivity contribution in [3.8, 4) is 0 Å². The van der Waals surface area contributed by atoms with E-state index in [4.69, 9.17) is 4.42 Å². The molecule has 0 aliphatic heterocycles. The van der Waals surface area contributed by atoms with Gasteiger partial charge in [-0.15, -0.1) is 5.10 Å². The number of fused-ring (bicyclic) bond motifs is 1. The fraction of sp³-hybridized carbons (Fsp3) is 0.0588. The van der Waals surface area contributed by atoms with Crippen molar-refractivity contribution in [1.82, 2.24) is 20.0 Å². The number of benzene rings is 2. The van der Waals surface area contributed by atoms with E-state index in [0.29, 0.717) is 23.3 Å². The van der Waals surface area contributed by atoms with Gasteiger partial charge in [-0.05, 0) is 23.8 Å². The molecule has 8 nitrogen and oxygen atoms in total. The van der Waals surface area contributed by atoms with Crippen LogP contribution in [0, 0.1) is 0 Å². The third kappa shape index (κ3) is 3.18. The minimum Gasteiger partial charge on any atom is -0.408 e. The molecule has 0 saturated carbocycles. The zero-order chi connectivity index (χ0) is 17.2. The fourth-order valence-corrected chi connectivity index (χ4v) is 2.48. The van der Waals surface area contributed by atoms with Gasteiger partial charge in [0.25, 0.3) is 5.91 Å². The molecule has 0 atom stereocenters. The second-order valence-electron chi connectivity index (χ2n) is 5.47. The van der Waals surface area contributed by atoms with Crippen LogP contribution in [0.3, 0.4) is 0 Å². The summed E-state index contributed by atoms with van der Waals surface area (Å²) >= 11 is 0. The Morgan fingerprint density at radius 2 is 2.04 bits per heavy atom. The van der Waals surface area contributed by atoms with Gasteiger partial charge < -0.3 is 9.73 Å². The maximum atomic E-state index is 12.3. The SMILES string of the molecule is O=C(Nc1ccc2oc(=O)[nH]c2c1)c1cn(Cc2ccccc2)nn1. The zero-order valence-corrected chi connectivity index (χ0v) is 13.0. The standard InChI is InChI=1S/C17H13N5O3/c23-16(18-12-6-7-15-13(8-12)19-17(24)25-15)14-10-22(21-20-14)9-11-4-2-1-3-5-11/h1-8,10H,9H2,(H,18,23)(H,19,24). The average molecular weight is 335 g/mol. The lowest BCUT2D eigenvalue weighted by Gasteiger charge is -2.02. The third-order valence-corrected chi connectivity index (χ3v) is 3.64. The highest BCUT2D eigenvalue weighted by atomic mass is 16.4. The van der Waals surface area contributed by atoms with Gasteiger partial charge in [0.1, 0.15) is 0 Å². The molecule has 0 radical (unpaired) electrons. The van der Waals surface area contributed by atoms with Crippen LogP contribution in [0.25, 0.3) is 11.1 Å². The Bertz CT molecular complexity index is 1090. The molecule has 2 aromatic carbocycles. The number of aromatic nitrogens is 4. The van der Waals surface area contributed by atoms with Crippen molar-refractivity contribution in [1.29, 1.82) is 0 Å². The van der Waals surface area contributed by atoms with E-state index in [-0.39, 0.29) is 11.6 Å². The van der Waals surface area contributed by atoms with Gasteiger partial charge in [0.2, 0.25) is 0 Å². The van der Waals surface area contributed by atoms with Crippen LogP contribution in [0.15, 0.2) is 63.9 Å². The molecule has 1 amide bonds. The Balaban J connectivity index is 1.49. The van der Waals surface area contributed by atoms with E-state index in [9.17, 15) is 9.59 Å². The number of oxazole rings is 1. The highest BCUT2D eigenvalue weighted by Crippen LogP contribution is 2.16. The number of hydrogen-bond acceptors (Lipinski definition) is 5. The summed E-state index contributed by atoms with van der Waals surface area (Å²) in [5, 5.41) is 10.6. The molecule has 0 unspecified atom stereocenters. The van der Waals surface area contributed by atoms with Crippen LogP contribution >= 0.6 is 0 Å². The Labute approximate surface area is 141 Å². The van der Waals surface area contributed by atoms with E-state index in [2.05, 4.69) is 20.6 Å². The molecular formula is C17H13N5O3. The van der Waals surface area contributed by atoms with Crippen LogP contribution in [0.2, 0.25) is 0 Å². The predicted molar refractivity (Wildman–Crippen MR) is 90.4 cm³/mol. The number of anilines is 1. The smallest absolute Gasteiger partial charge is 0.408 e. The first-order valence-corrected chi connectivity index (χ1v) is 7.56. The van der Waals surface area contributed by atoms with Crippen LogP contribution < -0.4 is 11.1 Å². The molecule has 0 bridgehead atoms. The summed E-state index contributed by atoms with van der Waals surface area (Å²) in [5.41, 5.74) is 2.73. The monoisotopic (exact) mass is 335 g/mol. The summed E-state index contributed by atoms with van der Waals surface area (Å²) in [5.74, 6) is -0.924. The average Bonchev–Trinajstić information content (AvgIpc) is 3.21. The predicted octanol–water partition coefficient (Wildman–Crippen LogP) is 2.01. The van der Waals surface area contributed by atoms with Gasteiger partial charge in [-0.1, -0.05) is 35.5 Å². The minimum absolute atomic E-state index is 0.205. The summed E-state index contributed by atoms with van der Waals surface area (Å²) < 4.78 is 6.52. The van der Waals surface area contributed by atoms with E-state index in [1.807, 2.05) is 30.3 Å². The molecule has 0 saturated heterocycles. The molecule has 2 N–H and O–H groups in total. The van der Waals surface area contributed by atoms with Crippen molar-refractivity contribution in [3.05, 3.63) is 76.5 Å². The van der Waals surface area contributed by atoms with Crippen LogP contribution in [-0.4, -0.2) is 25.9 Å². The molecule has 124 valence electrons. The normalized spacial score (nSPS) is 10.9. The van der Waals surface area contributed by atoms with Crippen LogP contribution in [0.4, 0.5) is 5.69 Å². The fourth-order valence-electron chi connectivity index (χ4n) is 2.48. The summed E-state index contributed by atoms with van der Waals surface area (Å²) in [6, 6.07) is 14.6. The van der Waals surface area contributed by atoms with Crippen molar-refractivity contribution in [3.63, 3.8) is 0 Å². The summed E-state index contributed by atoms with van der Waals surface area (Å²) in [6.45, 7) is 0.531. The summed E-state index contributed by atoms with van der Waals surface area (Å²) in [7, 11) is 0. The minimum atomic E-state index is -0.540. The number of H-pyrrole nitrogens is 1. The van der Waals surface area contributed by atoms with Crippen LogP contribution in [0.5, 0.6) is 0 Å². The quantitative estimate of drug-likeness (QED) is 0.593. The zero-order valence-electron chi connectivity index (χ0n) is 13.0. The van der Waals surface area contributed by atoms with Crippen molar-refractivity contribution >= 4 is 22.7 Å². The molecule has 2 heterocycles. The molecule has 0 spiro atoms. The van der Waals surface area contributed by atoms with Crippen LogP contribution in [0.1, 0.15) is 16.1 Å². The van der Waals surface area contributed by atoms with Gasteiger partial charge in [0, 0.05) is 5.69 Å². The third-order valence-electron chi connectivity index (χ3n) is 3.64. The van der Waals surface area contributed by atoms with Gasteiger partial charge in [0.05, 0.1) is 18.3 Å². The molecular weight excluding hydrogens is 322 g/mol. The number of nitrogens with one attached hydrogen (secondary N) is 2. The molecule has 2 aromatic heterocycles. The van der Waals surface area contributed by atoms with E-state index in [1.54, 1.807) is 29.1 Å². The lowest BCUT2D eigenvalue weighted by molar-refractivity contribution is 0.102. The Hall–Kier alpha value is -3.68. The summed E-state index contributed by atoms with van der Waals surface area (Å²) in [6.07, 6.45) is 1.58. The number of hydrogen-bond donors (Lipinski definition) is 2. The van der Waals surface area contributed by atoms with Crippen molar-refractivity contribution in [2.45, 2.75) is 6.54 Å². The second kappa shape index (κ2) is 6.08. The van der Waals surface area contributed by atoms with Gasteiger partial charge in [-0.25, -0.2) is 9.48 Å². The van der Waals surface area contributed by atoms with E-state index in [1.165, 1.54) is 0 Å². The molecule has 0 aliphatic carbocycles. The highest BCUT2D eigenvalue weighted by molar-refractivity contribution is 6.03. The van der Waals surface area contributed by atoms with Gasteiger partial charge in [0.15, 0.2) is 11.3 Å². The second-order valence-corrected chi connectivity index (χ2v) is 5.47. The van der Waals surface area contributed by atoms with Gasteiger partial charge >= 0.3 is 5.76 Å². The lowest BCUT2D eigenvalue weighted by Crippen LogP contribution is -2.12. The van der Waals surface area contributed by atoms with E-state index >= 15 is 0 Å². The maximum Gasteiger partial charge on any atom is 0.417 e. The Kier molecular flexibility index (Phi) is 3.62. The van der Waals surface area contributed by atoms with Crippen molar-refractivity contribution in [2.24, 2.45) is 0 Å². The number of carbonyl (C=O) groups is 1. The van der Waals surface area contributed by atoms with Crippen molar-refractivity contribution in [2.75, 3.05) is 5.32 Å². The van der Waals surface area contributed by atoms with Gasteiger partial charge in [-0.2, -0.15) is 0 Å². The summed E-state index contributed by atoms with van der Waals surface area (Å²) in [4.78, 5) is 26.0. The first kappa shape index (κ1) is 14.9. The Morgan fingerprint density at radius 3 is 2.88 bits per heavy atom. The number of carbonyl (C=O) groups excluding carboxylic acids is 1. The molecule has 0 fully saturated rings. The molecule has 25 heavy (non-hydrogen) atoms. The van der Waals surface area contributed by atoms with E-state index < -0.39 is 5.76 Å².